The average molecular weight is 133 g/mol. The molecule has 0 aromatic carbocycles. The van der Waals surface area contributed by atoms with Crippen LogP contribution in [0.25, 0.3) is 0 Å². The molecule has 4 heteroatoms. The van der Waals surface area contributed by atoms with E-state index in [-0.39, 0.29) is 13.2 Å². The van der Waals surface area contributed by atoms with E-state index in [1.807, 2.05) is 0 Å². The van der Waals surface area contributed by atoms with E-state index in [1.54, 1.807) is 13.8 Å². The van der Waals surface area contributed by atoms with E-state index in [9.17, 15) is 4.79 Å². The molecule has 9 heavy (non-hydrogen) atoms. The summed E-state index contributed by atoms with van der Waals surface area (Å²) in [6.45, 7) is 3.87. The van der Waals surface area contributed by atoms with E-state index in [1.165, 1.54) is 0 Å². The number of carbonyl (C=O) groups is 1. The molecule has 0 fully saturated rings. The molecule has 0 aliphatic carbocycles. The van der Waals surface area contributed by atoms with Gasteiger partial charge in [-0.3, -0.25) is 5.21 Å². The lowest BCUT2D eigenvalue weighted by molar-refractivity contribution is -0.0691. The van der Waals surface area contributed by atoms with Gasteiger partial charge in [0, 0.05) is 6.54 Å². The second-order valence-corrected chi connectivity index (χ2v) is 1.41. The van der Waals surface area contributed by atoms with E-state index in [2.05, 4.69) is 4.74 Å². The molecule has 54 valence electrons. The monoisotopic (exact) mass is 133 g/mol. The van der Waals surface area contributed by atoms with Gasteiger partial charge >= 0.3 is 6.09 Å². The molecule has 0 saturated carbocycles. The third kappa shape index (κ3) is 2.92. The van der Waals surface area contributed by atoms with Crippen molar-refractivity contribution >= 4 is 6.09 Å². The van der Waals surface area contributed by atoms with Crippen molar-refractivity contribution in [2.45, 2.75) is 13.8 Å². The van der Waals surface area contributed by atoms with Gasteiger partial charge in [-0.15, -0.1) is 0 Å². The minimum Gasteiger partial charge on any atom is -0.448 e. The largest absolute Gasteiger partial charge is 0.448 e. The Balaban J connectivity index is 3.46. The SMILES string of the molecule is CCOC(=O)N(O)CC. The Bertz CT molecular complexity index is 94.2. The van der Waals surface area contributed by atoms with Crippen LogP contribution in [0.5, 0.6) is 0 Å². The predicted octanol–water partition coefficient (Wildman–Crippen LogP) is 0.854. The lowest BCUT2D eigenvalue weighted by Gasteiger charge is -2.10. The lowest BCUT2D eigenvalue weighted by Crippen LogP contribution is -2.27. The number of rotatable bonds is 2. The summed E-state index contributed by atoms with van der Waals surface area (Å²) in [6, 6.07) is 0. The van der Waals surface area contributed by atoms with Crippen LogP contribution >= 0.6 is 0 Å². The number of hydrogen-bond donors (Lipinski definition) is 1. The van der Waals surface area contributed by atoms with Gasteiger partial charge in [-0.25, -0.2) is 4.79 Å². The summed E-state index contributed by atoms with van der Waals surface area (Å²) in [4.78, 5) is 10.4. The fourth-order valence-electron chi connectivity index (χ4n) is 0.327. The van der Waals surface area contributed by atoms with Gasteiger partial charge in [-0.1, -0.05) is 0 Å². The highest BCUT2D eigenvalue weighted by Crippen LogP contribution is 1.86. The first-order valence-electron chi connectivity index (χ1n) is 2.85. The van der Waals surface area contributed by atoms with Crippen LogP contribution in [0.1, 0.15) is 13.8 Å². The number of amides is 1. The average Bonchev–Trinajstić information content (AvgIpc) is 1.87. The van der Waals surface area contributed by atoms with Crippen LogP contribution in [0.3, 0.4) is 0 Å². The lowest BCUT2D eigenvalue weighted by atomic mass is 10.7. The second kappa shape index (κ2) is 4.14. The van der Waals surface area contributed by atoms with Crippen molar-refractivity contribution in [3.05, 3.63) is 0 Å². The second-order valence-electron chi connectivity index (χ2n) is 1.41. The van der Waals surface area contributed by atoms with Crippen molar-refractivity contribution in [1.82, 2.24) is 5.06 Å². The van der Waals surface area contributed by atoms with Crippen LogP contribution in [0.4, 0.5) is 4.79 Å². The first kappa shape index (κ1) is 8.23. The highest BCUT2D eigenvalue weighted by Gasteiger charge is 2.06. The van der Waals surface area contributed by atoms with Gasteiger partial charge in [0.2, 0.25) is 0 Å². The van der Waals surface area contributed by atoms with Gasteiger partial charge in [0.05, 0.1) is 6.61 Å². The molecule has 0 radical (unpaired) electrons. The zero-order valence-electron chi connectivity index (χ0n) is 5.63. The Labute approximate surface area is 54.0 Å². The normalized spacial score (nSPS) is 8.78. The fraction of sp³-hybridized carbons (Fsp3) is 0.800. The van der Waals surface area contributed by atoms with Crippen molar-refractivity contribution in [1.29, 1.82) is 0 Å². The molecule has 0 rings (SSSR count). The zero-order chi connectivity index (χ0) is 7.28. The van der Waals surface area contributed by atoms with Crippen LogP contribution in [-0.2, 0) is 4.74 Å². The molecule has 0 spiro atoms. The maximum atomic E-state index is 10.4. The Morgan fingerprint density at radius 2 is 2.22 bits per heavy atom. The fourth-order valence-corrected chi connectivity index (χ4v) is 0.327. The van der Waals surface area contributed by atoms with Crippen molar-refractivity contribution in [2.24, 2.45) is 0 Å². The summed E-state index contributed by atoms with van der Waals surface area (Å²) >= 11 is 0. The third-order valence-electron chi connectivity index (χ3n) is 0.778. The minimum absolute atomic E-state index is 0.249. The maximum absolute atomic E-state index is 10.4. The van der Waals surface area contributed by atoms with Crippen LogP contribution in [0.15, 0.2) is 0 Å². The summed E-state index contributed by atoms with van der Waals surface area (Å²) in [5.74, 6) is 0. The smallest absolute Gasteiger partial charge is 0.433 e. The van der Waals surface area contributed by atoms with Gasteiger partial charge in [-0.2, -0.15) is 5.06 Å². The molecule has 0 aliphatic rings. The van der Waals surface area contributed by atoms with Crippen molar-refractivity contribution in [2.75, 3.05) is 13.2 Å². The Hall–Kier alpha value is -0.770. The number of hydroxylamine groups is 2. The molecule has 4 nitrogen and oxygen atoms in total. The minimum atomic E-state index is -0.694. The summed E-state index contributed by atoms with van der Waals surface area (Å²) in [5, 5.41) is 9.13. The summed E-state index contributed by atoms with van der Waals surface area (Å²) in [6.07, 6.45) is -0.694. The van der Waals surface area contributed by atoms with E-state index < -0.39 is 6.09 Å². The van der Waals surface area contributed by atoms with Crippen molar-refractivity contribution < 1.29 is 14.7 Å². The zero-order valence-corrected chi connectivity index (χ0v) is 5.63. The molecule has 0 aromatic rings. The van der Waals surface area contributed by atoms with E-state index in [0.29, 0.717) is 5.06 Å². The molecule has 0 atom stereocenters. The van der Waals surface area contributed by atoms with E-state index in [4.69, 9.17) is 5.21 Å². The van der Waals surface area contributed by atoms with Crippen LogP contribution < -0.4 is 0 Å². The van der Waals surface area contributed by atoms with Crippen LogP contribution in [0, 0.1) is 0 Å². The van der Waals surface area contributed by atoms with Crippen molar-refractivity contribution in [3.8, 4) is 0 Å². The molecule has 0 unspecified atom stereocenters. The van der Waals surface area contributed by atoms with Gasteiger partial charge in [0.15, 0.2) is 0 Å². The van der Waals surface area contributed by atoms with Crippen molar-refractivity contribution in [3.63, 3.8) is 0 Å². The molecule has 0 heterocycles. The summed E-state index contributed by atoms with van der Waals surface area (Å²) in [7, 11) is 0. The summed E-state index contributed by atoms with van der Waals surface area (Å²) in [5.41, 5.74) is 0. The molecule has 1 N–H and O–H groups in total. The molecule has 0 saturated heterocycles. The molecule has 0 bridgehead atoms. The van der Waals surface area contributed by atoms with Gasteiger partial charge in [0.25, 0.3) is 0 Å². The molecule has 0 aliphatic heterocycles. The predicted molar refractivity (Wildman–Crippen MR) is 31.2 cm³/mol. The van der Waals surface area contributed by atoms with Crippen LogP contribution in [-0.4, -0.2) is 29.5 Å². The Kier molecular flexibility index (Phi) is 3.79. The highest BCUT2D eigenvalue weighted by molar-refractivity contribution is 5.65. The number of hydrogen-bond acceptors (Lipinski definition) is 3. The Morgan fingerprint density at radius 3 is 2.56 bits per heavy atom. The third-order valence-corrected chi connectivity index (χ3v) is 0.778. The quantitative estimate of drug-likeness (QED) is 0.449. The van der Waals surface area contributed by atoms with E-state index in [0.717, 1.165) is 0 Å². The number of ether oxygens (including phenoxy) is 1. The highest BCUT2D eigenvalue weighted by atomic mass is 16.6. The number of nitrogens with zero attached hydrogens (tertiary/aromatic N) is 1. The first-order valence-corrected chi connectivity index (χ1v) is 2.85. The maximum Gasteiger partial charge on any atom is 0.433 e. The topological polar surface area (TPSA) is 49.8 Å². The van der Waals surface area contributed by atoms with Gasteiger partial charge < -0.3 is 4.74 Å². The molecular weight excluding hydrogens is 122 g/mol. The summed E-state index contributed by atoms with van der Waals surface area (Å²) < 4.78 is 4.43. The molecule has 1 amide bonds. The Morgan fingerprint density at radius 1 is 1.67 bits per heavy atom. The van der Waals surface area contributed by atoms with Crippen LogP contribution in [0.2, 0.25) is 0 Å². The molecular formula is C5H11NO3. The molecule has 0 aromatic heterocycles. The standard InChI is InChI=1S/C5H11NO3/c1-3-6(8)5(7)9-4-2/h8H,3-4H2,1-2H3. The number of carbonyl (C=O) groups excluding carboxylic acids is 1. The van der Waals surface area contributed by atoms with E-state index >= 15 is 0 Å². The first-order chi connectivity index (χ1) is 4.22. The van der Waals surface area contributed by atoms with Gasteiger partial charge in [-0.05, 0) is 13.8 Å². The van der Waals surface area contributed by atoms with Gasteiger partial charge in [0.1, 0.15) is 0 Å².